The average molecular weight is 417 g/mol. The largest absolute Gasteiger partial charge is 0.357 e. The van der Waals surface area contributed by atoms with Crippen LogP contribution in [-0.4, -0.2) is 110 Å². The van der Waals surface area contributed by atoms with Gasteiger partial charge in [0.05, 0.1) is 6.54 Å². The molecule has 1 atom stereocenters. The van der Waals surface area contributed by atoms with Crippen molar-refractivity contribution >= 4 is 11.9 Å². The van der Waals surface area contributed by atoms with E-state index in [1.807, 2.05) is 0 Å². The first-order valence-corrected chi connectivity index (χ1v) is 12.2. The van der Waals surface area contributed by atoms with Gasteiger partial charge in [-0.2, -0.15) is 0 Å². The van der Waals surface area contributed by atoms with Crippen LogP contribution < -0.4 is 5.32 Å². The molecular weight excluding hydrogens is 376 g/mol. The number of hydrogen-bond acceptors (Lipinski definition) is 4. The Kier molecular flexibility index (Phi) is 7.66. The van der Waals surface area contributed by atoms with E-state index in [-0.39, 0.29) is 0 Å². The van der Waals surface area contributed by atoms with E-state index in [2.05, 4.69) is 44.0 Å². The van der Waals surface area contributed by atoms with Gasteiger partial charge in [-0.3, -0.25) is 19.6 Å². The molecule has 7 heteroatoms. The normalized spacial score (nSPS) is 26.8. The maximum Gasteiger partial charge on any atom is 0.225 e. The number of carbonyl (C=O) groups excluding carboxylic acids is 1. The van der Waals surface area contributed by atoms with Crippen LogP contribution >= 0.6 is 0 Å². The van der Waals surface area contributed by atoms with E-state index in [4.69, 9.17) is 4.99 Å². The second-order valence-corrected chi connectivity index (χ2v) is 9.20. The first kappa shape index (κ1) is 21.6. The van der Waals surface area contributed by atoms with Crippen molar-refractivity contribution in [3.8, 4) is 0 Å². The van der Waals surface area contributed by atoms with Crippen molar-refractivity contribution in [2.75, 3.05) is 72.0 Å². The molecule has 30 heavy (non-hydrogen) atoms. The molecule has 7 nitrogen and oxygen atoms in total. The topological polar surface area (TPSA) is 54.4 Å². The lowest BCUT2D eigenvalue weighted by molar-refractivity contribution is -0.137. The predicted molar refractivity (Wildman–Crippen MR) is 122 cm³/mol. The molecule has 1 amide bonds. The summed E-state index contributed by atoms with van der Waals surface area (Å²) in [4.78, 5) is 27.1. The molecule has 1 unspecified atom stereocenters. The molecule has 4 rings (SSSR count). The van der Waals surface area contributed by atoms with Gasteiger partial charge in [-0.05, 0) is 26.2 Å². The summed E-state index contributed by atoms with van der Waals surface area (Å²) in [5.74, 6) is 1.79. The number of carbonyl (C=O) groups is 1. The van der Waals surface area contributed by atoms with E-state index >= 15 is 0 Å². The number of piperazine rings is 1. The van der Waals surface area contributed by atoms with Crippen LogP contribution in [0.4, 0.5) is 0 Å². The van der Waals surface area contributed by atoms with Crippen LogP contribution in [-0.2, 0) is 4.79 Å². The van der Waals surface area contributed by atoms with Crippen molar-refractivity contribution < 1.29 is 4.79 Å². The van der Waals surface area contributed by atoms with Crippen molar-refractivity contribution in [1.82, 2.24) is 24.9 Å². The maximum atomic E-state index is 12.6. The van der Waals surface area contributed by atoms with Gasteiger partial charge in [0.2, 0.25) is 5.91 Å². The SMILES string of the molecule is CCNC(=NCCN1CCN(C(=O)C2CCCC2)CC1)N1CCC(N2CC=CC2)C1. The Balaban J connectivity index is 1.20. The second kappa shape index (κ2) is 10.6. The first-order chi connectivity index (χ1) is 14.7. The molecule has 1 N–H and O–H groups in total. The number of hydrogen-bond donors (Lipinski definition) is 1. The van der Waals surface area contributed by atoms with Gasteiger partial charge < -0.3 is 15.1 Å². The highest BCUT2D eigenvalue weighted by Crippen LogP contribution is 2.27. The van der Waals surface area contributed by atoms with Crippen LogP contribution in [0.25, 0.3) is 0 Å². The van der Waals surface area contributed by atoms with Crippen LogP contribution in [0.3, 0.4) is 0 Å². The lowest BCUT2D eigenvalue weighted by Gasteiger charge is -2.35. The van der Waals surface area contributed by atoms with Crippen molar-refractivity contribution in [1.29, 1.82) is 0 Å². The lowest BCUT2D eigenvalue weighted by atomic mass is 10.1. The molecule has 2 saturated heterocycles. The van der Waals surface area contributed by atoms with E-state index in [0.717, 1.165) is 90.8 Å². The number of rotatable bonds is 6. The average Bonchev–Trinajstić information content (AvgIpc) is 3.55. The molecule has 0 aromatic carbocycles. The molecule has 0 spiro atoms. The minimum absolute atomic E-state index is 0.310. The molecule has 0 radical (unpaired) electrons. The van der Waals surface area contributed by atoms with Gasteiger partial charge in [-0.15, -0.1) is 0 Å². The molecule has 3 fully saturated rings. The molecule has 0 aromatic rings. The molecule has 3 heterocycles. The number of guanidine groups is 1. The Morgan fingerprint density at radius 2 is 1.73 bits per heavy atom. The minimum atomic E-state index is 0.310. The van der Waals surface area contributed by atoms with Gasteiger partial charge in [-0.1, -0.05) is 25.0 Å². The predicted octanol–water partition coefficient (Wildman–Crippen LogP) is 1.23. The van der Waals surface area contributed by atoms with Crippen molar-refractivity contribution in [2.24, 2.45) is 10.9 Å². The molecular formula is C23H40N6O. The summed E-state index contributed by atoms with van der Waals surface area (Å²) in [5, 5.41) is 3.50. The quantitative estimate of drug-likeness (QED) is 0.401. The van der Waals surface area contributed by atoms with Crippen molar-refractivity contribution in [3.63, 3.8) is 0 Å². The van der Waals surface area contributed by atoms with Crippen LogP contribution in [0.2, 0.25) is 0 Å². The summed E-state index contributed by atoms with van der Waals surface area (Å²) in [6.45, 7) is 13.0. The fraction of sp³-hybridized carbons (Fsp3) is 0.826. The molecule has 1 saturated carbocycles. The zero-order valence-corrected chi connectivity index (χ0v) is 18.8. The first-order valence-electron chi connectivity index (χ1n) is 12.2. The summed E-state index contributed by atoms with van der Waals surface area (Å²) in [7, 11) is 0. The van der Waals surface area contributed by atoms with E-state index in [1.54, 1.807) is 0 Å². The Morgan fingerprint density at radius 1 is 1.00 bits per heavy atom. The second-order valence-electron chi connectivity index (χ2n) is 9.20. The lowest BCUT2D eigenvalue weighted by Crippen LogP contribution is -2.50. The van der Waals surface area contributed by atoms with Crippen LogP contribution in [0.5, 0.6) is 0 Å². The highest BCUT2D eigenvalue weighted by molar-refractivity contribution is 5.80. The molecule has 4 aliphatic rings. The molecule has 1 aliphatic carbocycles. The molecule has 0 bridgehead atoms. The van der Waals surface area contributed by atoms with Gasteiger partial charge in [0.1, 0.15) is 0 Å². The monoisotopic (exact) mass is 416 g/mol. The Morgan fingerprint density at radius 3 is 2.43 bits per heavy atom. The smallest absolute Gasteiger partial charge is 0.225 e. The Labute approximate surface area is 182 Å². The third kappa shape index (κ3) is 5.35. The van der Waals surface area contributed by atoms with Crippen molar-refractivity contribution in [3.05, 3.63) is 12.2 Å². The molecule has 3 aliphatic heterocycles. The summed E-state index contributed by atoms with van der Waals surface area (Å²) in [6, 6.07) is 0.648. The third-order valence-electron chi connectivity index (χ3n) is 7.23. The summed E-state index contributed by atoms with van der Waals surface area (Å²) >= 11 is 0. The number of nitrogens with one attached hydrogen (secondary N) is 1. The van der Waals surface area contributed by atoms with E-state index in [1.165, 1.54) is 19.3 Å². The third-order valence-corrected chi connectivity index (χ3v) is 7.23. The zero-order chi connectivity index (χ0) is 20.8. The summed E-state index contributed by atoms with van der Waals surface area (Å²) < 4.78 is 0. The number of amides is 1. The minimum Gasteiger partial charge on any atom is -0.357 e. The van der Waals surface area contributed by atoms with E-state index in [0.29, 0.717) is 17.9 Å². The van der Waals surface area contributed by atoms with Gasteiger partial charge in [0, 0.05) is 77.4 Å². The standard InChI is InChI=1S/C23H40N6O/c1-2-24-23(29-13-9-21(19-29)27-11-5-6-12-27)25-10-14-26-15-17-28(18-16-26)22(30)20-7-3-4-8-20/h5-6,20-21H,2-4,7-19H2,1H3,(H,24,25). The van der Waals surface area contributed by atoms with E-state index < -0.39 is 0 Å². The van der Waals surface area contributed by atoms with Crippen LogP contribution in [0.15, 0.2) is 17.1 Å². The molecule has 168 valence electrons. The maximum absolute atomic E-state index is 12.6. The Hall–Kier alpha value is -1.60. The number of nitrogens with zero attached hydrogens (tertiary/aromatic N) is 5. The zero-order valence-electron chi connectivity index (χ0n) is 18.8. The fourth-order valence-corrected chi connectivity index (χ4v) is 5.37. The summed E-state index contributed by atoms with van der Waals surface area (Å²) in [6.07, 6.45) is 10.5. The highest BCUT2D eigenvalue weighted by atomic mass is 16.2. The number of likely N-dealkylation sites (tertiary alicyclic amines) is 1. The van der Waals surface area contributed by atoms with Crippen LogP contribution in [0.1, 0.15) is 39.0 Å². The van der Waals surface area contributed by atoms with Crippen molar-refractivity contribution in [2.45, 2.75) is 45.1 Å². The Bertz CT molecular complexity index is 613. The molecule has 0 aromatic heterocycles. The van der Waals surface area contributed by atoms with Gasteiger partial charge in [0.15, 0.2) is 5.96 Å². The van der Waals surface area contributed by atoms with Gasteiger partial charge in [-0.25, -0.2) is 0 Å². The fourth-order valence-electron chi connectivity index (χ4n) is 5.37. The van der Waals surface area contributed by atoms with Gasteiger partial charge in [0.25, 0.3) is 0 Å². The highest BCUT2D eigenvalue weighted by Gasteiger charge is 2.30. The van der Waals surface area contributed by atoms with Crippen LogP contribution in [0, 0.1) is 5.92 Å². The summed E-state index contributed by atoms with van der Waals surface area (Å²) in [5.41, 5.74) is 0. The van der Waals surface area contributed by atoms with Gasteiger partial charge >= 0.3 is 0 Å². The van der Waals surface area contributed by atoms with E-state index in [9.17, 15) is 4.79 Å². The number of aliphatic imine (C=N–C) groups is 1.